The molecule has 1 aliphatic rings. The van der Waals surface area contributed by atoms with E-state index >= 15 is 0 Å². The minimum Gasteiger partial charge on any atom is -0.445 e. The number of amides is 2. The molecule has 0 spiro atoms. The SMILES string of the molecule is CC(=O)N1CCC[C@@H](Nc2nnc(C(N)=O)c(Nc3cccc(-c4ncco4)c3)n2)C1. The fraction of sp³-hybridized carbons (Fsp3) is 0.300. The second-order valence-electron chi connectivity index (χ2n) is 7.19. The van der Waals surface area contributed by atoms with Gasteiger partial charge in [0, 0.05) is 37.3 Å². The Labute approximate surface area is 178 Å². The van der Waals surface area contributed by atoms with Crippen LogP contribution in [-0.4, -0.2) is 56.0 Å². The Morgan fingerprint density at radius 3 is 2.90 bits per heavy atom. The lowest BCUT2D eigenvalue weighted by atomic mass is 10.1. The average Bonchev–Trinajstić information content (AvgIpc) is 3.29. The smallest absolute Gasteiger partial charge is 0.273 e. The molecule has 3 aromatic rings. The van der Waals surface area contributed by atoms with E-state index in [0.717, 1.165) is 24.9 Å². The molecule has 0 saturated carbocycles. The van der Waals surface area contributed by atoms with Crippen LogP contribution in [0.2, 0.25) is 0 Å². The number of hydrogen-bond acceptors (Lipinski definition) is 9. The molecule has 1 aliphatic heterocycles. The van der Waals surface area contributed by atoms with Crippen molar-refractivity contribution in [3.63, 3.8) is 0 Å². The van der Waals surface area contributed by atoms with E-state index in [1.807, 2.05) is 12.1 Å². The molecule has 3 heterocycles. The van der Waals surface area contributed by atoms with Crippen LogP contribution >= 0.6 is 0 Å². The Balaban J connectivity index is 1.56. The fourth-order valence-electron chi connectivity index (χ4n) is 3.44. The van der Waals surface area contributed by atoms with E-state index in [-0.39, 0.29) is 29.4 Å². The maximum Gasteiger partial charge on any atom is 0.273 e. The van der Waals surface area contributed by atoms with E-state index in [0.29, 0.717) is 18.1 Å². The third-order valence-electron chi connectivity index (χ3n) is 4.92. The summed E-state index contributed by atoms with van der Waals surface area (Å²) in [6.45, 7) is 2.84. The number of nitrogens with one attached hydrogen (secondary N) is 2. The Hall–Kier alpha value is -4.02. The van der Waals surface area contributed by atoms with Crippen LogP contribution in [0.25, 0.3) is 11.5 Å². The molecule has 4 rings (SSSR count). The highest BCUT2D eigenvalue weighted by atomic mass is 16.3. The van der Waals surface area contributed by atoms with Crippen molar-refractivity contribution in [2.24, 2.45) is 5.73 Å². The van der Waals surface area contributed by atoms with Crippen molar-refractivity contribution in [3.8, 4) is 11.5 Å². The first kappa shape index (κ1) is 20.3. The molecule has 0 unspecified atom stereocenters. The minimum atomic E-state index is -0.752. The van der Waals surface area contributed by atoms with Crippen molar-refractivity contribution in [1.82, 2.24) is 25.1 Å². The first-order valence-electron chi connectivity index (χ1n) is 9.83. The summed E-state index contributed by atoms with van der Waals surface area (Å²) in [4.78, 5) is 33.8. The molecule has 31 heavy (non-hydrogen) atoms. The Bertz CT molecular complexity index is 1090. The number of carbonyl (C=O) groups excluding carboxylic acids is 2. The van der Waals surface area contributed by atoms with Gasteiger partial charge in [-0.25, -0.2) is 4.98 Å². The topological polar surface area (TPSA) is 152 Å². The van der Waals surface area contributed by atoms with Crippen molar-refractivity contribution in [2.45, 2.75) is 25.8 Å². The predicted molar refractivity (Wildman–Crippen MR) is 112 cm³/mol. The molecule has 1 atom stereocenters. The van der Waals surface area contributed by atoms with Gasteiger partial charge in [0.1, 0.15) is 6.26 Å². The number of benzene rings is 1. The maximum absolute atomic E-state index is 11.8. The number of primary amides is 1. The lowest BCUT2D eigenvalue weighted by molar-refractivity contribution is -0.129. The number of nitrogens with zero attached hydrogens (tertiary/aromatic N) is 5. The van der Waals surface area contributed by atoms with Crippen LogP contribution in [0.4, 0.5) is 17.5 Å². The van der Waals surface area contributed by atoms with Gasteiger partial charge >= 0.3 is 0 Å². The number of piperidine rings is 1. The molecule has 11 heteroatoms. The third kappa shape index (κ3) is 4.77. The van der Waals surface area contributed by atoms with E-state index in [9.17, 15) is 9.59 Å². The van der Waals surface area contributed by atoms with Gasteiger partial charge in [-0.2, -0.15) is 4.98 Å². The Kier molecular flexibility index (Phi) is 5.74. The zero-order valence-corrected chi connectivity index (χ0v) is 16.9. The summed E-state index contributed by atoms with van der Waals surface area (Å²) in [5.74, 6) is 0.163. The number of aromatic nitrogens is 4. The van der Waals surface area contributed by atoms with Crippen molar-refractivity contribution in [2.75, 3.05) is 23.7 Å². The molecule has 0 bridgehead atoms. The highest BCUT2D eigenvalue weighted by molar-refractivity contribution is 5.96. The summed E-state index contributed by atoms with van der Waals surface area (Å²) in [5.41, 5.74) is 6.76. The van der Waals surface area contributed by atoms with Gasteiger partial charge in [0.15, 0.2) is 11.5 Å². The molecule has 0 radical (unpaired) electrons. The van der Waals surface area contributed by atoms with Crippen molar-refractivity contribution < 1.29 is 14.0 Å². The van der Waals surface area contributed by atoms with Crippen molar-refractivity contribution >= 4 is 29.3 Å². The molecule has 11 nitrogen and oxygen atoms in total. The zero-order chi connectivity index (χ0) is 21.8. The fourth-order valence-corrected chi connectivity index (χ4v) is 3.44. The molecule has 1 aromatic carbocycles. The lowest BCUT2D eigenvalue weighted by Crippen LogP contribution is -2.44. The number of oxazole rings is 1. The molecule has 0 aliphatic carbocycles. The van der Waals surface area contributed by atoms with Gasteiger partial charge in [-0.15, -0.1) is 10.2 Å². The molecule has 4 N–H and O–H groups in total. The number of hydrogen-bond donors (Lipinski definition) is 3. The van der Waals surface area contributed by atoms with Crippen LogP contribution in [0.5, 0.6) is 0 Å². The second kappa shape index (κ2) is 8.78. The normalized spacial score (nSPS) is 16.0. The van der Waals surface area contributed by atoms with Crippen LogP contribution in [0, 0.1) is 0 Å². The molecular weight excluding hydrogens is 400 g/mol. The minimum absolute atomic E-state index is 0.0138. The Morgan fingerprint density at radius 1 is 1.29 bits per heavy atom. The monoisotopic (exact) mass is 422 g/mol. The van der Waals surface area contributed by atoms with E-state index in [2.05, 4.69) is 30.8 Å². The number of rotatable bonds is 6. The van der Waals surface area contributed by atoms with Gasteiger partial charge in [-0.1, -0.05) is 6.07 Å². The van der Waals surface area contributed by atoms with Crippen LogP contribution in [0.3, 0.4) is 0 Å². The van der Waals surface area contributed by atoms with Crippen LogP contribution in [0.15, 0.2) is 41.1 Å². The summed E-state index contributed by atoms with van der Waals surface area (Å²) in [7, 11) is 0. The van der Waals surface area contributed by atoms with Gasteiger partial charge in [0.25, 0.3) is 5.91 Å². The quantitative estimate of drug-likeness (QED) is 0.539. The molecule has 2 aromatic heterocycles. The van der Waals surface area contributed by atoms with Crippen molar-refractivity contribution in [1.29, 1.82) is 0 Å². The maximum atomic E-state index is 11.8. The number of carbonyl (C=O) groups is 2. The first-order chi connectivity index (χ1) is 15.0. The summed E-state index contributed by atoms with van der Waals surface area (Å²) in [6, 6.07) is 7.26. The van der Waals surface area contributed by atoms with Gasteiger partial charge in [0.05, 0.1) is 6.20 Å². The van der Waals surface area contributed by atoms with Gasteiger partial charge in [-0.3, -0.25) is 9.59 Å². The van der Waals surface area contributed by atoms with Crippen molar-refractivity contribution in [3.05, 3.63) is 42.4 Å². The highest BCUT2D eigenvalue weighted by Crippen LogP contribution is 2.24. The third-order valence-corrected chi connectivity index (χ3v) is 4.92. The zero-order valence-electron chi connectivity index (χ0n) is 16.9. The summed E-state index contributed by atoms with van der Waals surface area (Å²) in [6.07, 6.45) is 4.80. The Morgan fingerprint density at radius 2 is 2.16 bits per heavy atom. The van der Waals surface area contributed by atoms with E-state index in [1.54, 1.807) is 30.2 Å². The molecular formula is C20H22N8O3. The molecule has 2 amide bonds. The van der Waals surface area contributed by atoms with E-state index < -0.39 is 5.91 Å². The number of anilines is 3. The van der Waals surface area contributed by atoms with Crippen LogP contribution in [0.1, 0.15) is 30.3 Å². The molecule has 160 valence electrons. The molecule has 1 fully saturated rings. The second-order valence-corrected chi connectivity index (χ2v) is 7.19. The highest BCUT2D eigenvalue weighted by Gasteiger charge is 2.23. The number of likely N-dealkylation sites (tertiary alicyclic amines) is 1. The largest absolute Gasteiger partial charge is 0.445 e. The van der Waals surface area contributed by atoms with Gasteiger partial charge in [-0.05, 0) is 31.0 Å². The summed E-state index contributed by atoms with van der Waals surface area (Å²) >= 11 is 0. The van der Waals surface area contributed by atoms with Crippen LogP contribution in [-0.2, 0) is 4.79 Å². The van der Waals surface area contributed by atoms with Gasteiger partial charge in [0.2, 0.25) is 17.7 Å². The standard InChI is InChI=1S/C20H22N8O3/c1-12(29)28-8-3-6-15(11-28)24-20-25-18(16(17(21)30)26-27-20)23-14-5-2-4-13(10-14)19-22-7-9-31-19/h2,4-5,7,9-10,15H,3,6,8,11H2,1H3,(H2,21,30)(H2,23,24,25,27)/t15-/m1/s1. The molecule has 1 saturated heterocycles. The van der Waals surface area contributed by atoms with Crippen LogP contribution < -0.4 is 16.4 Å². The summed E-state index contributed by atoms with van der Waals surface area (Å²) in [5, 5.41) is 14.2. The average molecular weight is 422 g/mol. The van der Waals surface area contributed by atoms with E-state index in [4.69, 9.17) is 10.2 Å². The van der Waals surface area contributed by atoms with E-state index in [1.165, 1.54) is 6.26 Å². The number of nitrogens with two attached hydrogens (primary N) is 1. The first-order valence-corrected chi connectivity index (χ1v) is 9.83. The lowest BCUT2D eigenvalue weighted by Gasteiger charge is -2.32. The predicted octanol–water partition coefficient (Wildman–Crippen LogP) is 1.79. The summed E-state index contributed by atoms with van der Waals surface area (Å²) < 4.78 is 5.33. The van der Waals surface area contributed by atoms with Gasteiger partial charge < -0.3 is 25.7 Å².